The highest BCUT2D eigenvalue weighted by Gasteiger charge is 2.05. The van der Waals surface area contributed by atoms with E-state index in [2.05, 4.69) is 53.2 Å². The summed E-state index contributed by atoms with van der Waals surface area (Å²) < 4.78 is 7.11. The predicted molar refractivity (Wildman–Crippen MR) is 87.2 cm³/mol. The topological polar surface area (TPSA) is 9.23 Å². The number of hydrogen-bond donors (Lipinski definition) is 0. The third kappa shape index (κ3) is 2.70. The Bertz CT molecular complexity index is 735. The van der Waals surface area contributed by atoms with E-state index in [1.54, 1.807) is 0 Å². The van der Waals surface area contributed by atoms with E-state index in [0.717, 1.165) is 15.6 Å². The van der Waals surface area contributed by atoms with E-state index in [1.165, 1.54) is 16.5 Å². The van der Waals surface area contributed by atoms with Crippen LogP contribution < -0.4 is 4.74 Å². The van der Waals surface area contributed by atoms with Crippen molar-refractivity contribution in [2.45, 2.75) is 13.5 Å². The average molecular weight is 327 g/mol. The summed E-state index contributed by atoms with van der Waals surface area (Å²) >= 11 is 3.58. The van der Waals surface area contributed by atoms with Crippen LogP contribution >= 0.6 is 15.9 Å². The third-order valence-electron chi connectivity index (χ3n) is 3.36. The lowest BCUT2D eigenvalue weighted by Crippen LogP contribution is -1.95. The number of benzene rings is 3. The van der Waals surface area contributed by atoms with Crippen LogP contribution in [0, 0.1) is 6.92 Å². The lowest BCUT2D eigenvalue weighted by molar-refractivity contribution is 0.310. The molecule has 0 N–H and O–H groups in total. The minimum absolute atomic E-state index is 0.592. The highest BCUT2D eigenvalue weighted by molar-refractivity contribution is 9.10. The quantitative estimate of drug-likeness (QED) is 0.618. The third-order valence-corrected chi connectivity index (χ3v) is 4.21. The van der Waals surface area contributed by atoms with Crippen LogP contribution in [0.2, 0.25) is 0 Å². The Balaban J connectivity index is 1.93. The fourth-order valence-electron chi connectivity index (χ4n) is 2.24. The molecule has 100 valence electrons. The van der Waals surface area contributed by atoms with Crippen molar-refractivity contribution in [3.8, 4) is 5.75 Å². The Morgan fingerprint density at radius 1 is 0.950 bits per heavy atom. The number of halogens is 1. The van der Waals surface area contributed by atoms with E-state index in [9.17, 15) is 0 Å². The smallest absolute Gasteiger partial charge is 0.127 e. The van der Waals surface area contributed by atoms with E-state index in [1.807, 2.05) is 30.3 Å². The maximum atomic E-state index is 5.98. The minimum Gasteiger partial charge on any atom is -0.488 e. The summed E-state index contributed by atoms with van der Waals surface area (Å²) in [5.41, 5.74) is 2.39. The molecule has 0 aliphatic heterocycles. The molecule has 20 heavy (non-hydrogen) atoms. The van der Waals surface area contributed by atoms with Gasteiger partial charge in [-0.1, -0.05) is 58.4 Å². The predicted octanol–water partition coefficient (Wildman–Crippen LogP) is 5.49. The summed E-state index contributed by atoms with van der Waals surface area (Å²) in [6.07, 6.45) is 0. The molecule has 1 nitrogen and oxygen atoms in total. The number of ether oxygens (including phenoxy) is 1. The fourth-order valence-corrected chi connectivity index (χ4v) is 2.60. The van der Waals surface area contributed by atoms with Gasteiger partial charge in [-0.25, -0.2) is 0 Å². The van der Waals surface area contributed by atoms with Gasteiger partial charge in [0.2, 0.25) is 0 Å². The van der Waals surface area contributed by atoms with Gasteiger partial charge in [0, 0.05) is 9.86 Å². The first-order valence-corrected chi connectivity index (χ1v) is 7.39. The number of aryl methyl sites for hydroxylation is 1. The molecule has 0 heterocycles. The summed E-state index contributed by atoms with van der Waals surface area (Å²) in [6.45, 7) is 2.69. The Labute approximate surface area is 127 Å². The summed E-state index contributed by atoms with van der Waals surface area (Å²) in [5.74, 6) is 0.932. The molecule has 0 aromatic heterocycles. The van der Waals surface area contributed by atoms with Gasteiger partial charge >= 0.3 is 0 Å². The van der Waals surface area contributed by atoms with Crippen LogP contribution in [0.3, 0.4) is 0 Å². The fraction of sp³-hybridized carbons (Fsp3) is 0.111. The first kappa shape index (κ1) is 13.2. The molecule has 0 atom stereocenters. The molecule has 0 spiro atoms. The zero-order valence-corrected chi connectivity index (χ0v) is 12.9. The summed E-state index contributed by atoms with van der Waals surface area (Å²) in [5, 5.41) is 2.34. The summed E-state index contributed by atoms with van der Waals surface area (Å²) in [4.78, 5) is 0. The van der Waals surface area contributed by atoms with E-state index >= 15 is 0 Å². The molecule has 0 bridgehead atoms. The second kappa shape index (κ2) is 5.68. The first-order chi connectivity index (χ1) is 9.74. The van der Waals surface area contributed by atoms with Crippen molar-refractivity contribution in [1.82, 2.24) is 0 Å². The number of fused-ring (bicyclic) bond motifs is 1. The van der Waals surface area contributed by atoms with Crippen LogP contribution in [0.15, 0.2) is 65.1 Å². The van der Waals surface area contributed by atoms with Gasteiger partial charge in [0.25, 0.3) is 0 Å². The largest absolute Gasteiger partial charge is 0.488 e. The molecule has 3 aromatic rings. The second-order valence-electron chi connectivity index (χ2n) is 4.85. The van der Waals surface area contributed by atoms with Crippen LogP contribution in [-0.2, 0) is 6.61 Å². The number of rotatable bonds is 3. The molecule has 0 aliphatic rings. The maximum absolute atomic E-state index is 5.98. The molecule has 0 saturated heterocycles. The van der Waals surface area contributed by atoms with E-state index in [-0.39, 0.29) is 0 Å². The molecule has 0 saturated carbocycles. The molecule has 0 amide bonds. The van der Waals surface area contributed by atoms with Crippen LogP contribution in [-0.4, -0.2) is 0 Å². The van der Waals surface area contributed by atoms with Crippen LogP contribution in [0.4, 0.5) is 0 Å². The van der Waals surface area contributed by atoms with Crippen LogP contribution in [0.25, 0.3) is 10.8 Å². The standard InChI is InChI=1S/C18H15BrO/c1-13-10-16-15(11-17(13)19)8-5-9-18(16)20-12-14-6-3-2-4-7-14/h2-11H,12H2,1H3. The molecule has 0 unspecified atom stereocenters. The number of hydrogen-bond acceptors (Lipinski definition) is 1. The molecule has 3 aromatic carbocycles. The van der Waals surface area contributed by atoms with Gasteiger partial charge in [0.05, 0.1) is 0 Å². The SMILES string of the molecule is Cc1cc2c(OCc3ccccc3)cccc2cc1Br. The van der Waals surface area contributed by atoms with E-state index in [0.29, 0.717) is 6.61 Å². The van der Waals surface area contributed by atoms with Crippen molar-refractivity contribution in [3.05, 3.63) is 76.3 Å². The highest BCUT2D eigenvalue weighted by atomic mass is 79.9. The van der Waals surface area contributed by atoms with Gasteiger partial charge in [-0.2, -0.15) is 0 Å². The van der Waals surface area contributed by atoms with Gasteiger partial charge < -0.3 is 4.74 Å². The van der Waals surface area contributed by atoms with Gasteiger partial charge in [-0.05, 0) is 41.6 Å². The van der Waals surface area contributed by atoms with E-state index < -0.39 is 0 Å². The van der Waals surface area contributed by atoms with Crippen molar-refractivity contribution < 1.29 is 4.74 Å². The summed E-state index contributed by atoms with van der Waals surface area (Å²) in [6, 6.07) is 20.7. The lowest BCUT2D eigenvalue weighted by Gasteiger charge is -2.11. The zero-order chi connectivity index (χ0) is 13.9. The Morgan fingerprint density at radius 2 is 1.75 bits per heavy atom. The van der Waals surface area contributed by atoms with Gasteiger partial charge in [0.1, 0.15) is 12.4 Å². The second-order valence-corrected chi connectivity index (χ2v) is 5.71. The molecule has 0 radical (unpaired) electrons. The molecular weight excluding hydrogens is 312 g/mol. The Hall–Kier alpha value is -1.80. The van der Waals surface area contributed by atoms with E-state index in [4.69, 9.17) is 4.74 Å². The average Bonchev–Trinajstić information content (AvgIpc) is 2.47. The minimum atomic E-state index is 0.592. The Morgan fingerprint density at radius 3 is 2.55 bits per heavy atom. The normalized spacial score (nSPS) is 10.7. The van der Waals surface area contributed by atoms with Gasteiger partial charge in [-0.3, -0.25) is 0 Å². The van der Waals surface area contributed by atoms with Crippen LogP contribution in [0.5, 0.6) is 5.75 Å². The molecule has 0 fully saturated rings. The van der Waals surface area contributed by atoms with Crippen molar-refractivity contribution in [2.24, 2.45) is 0 Å². The maximum Gasteiger partial charge on any atom is 0.127 e. The molecular formula is C18H15BrO. The van der Waals surface area contributed by atoms with Crippen molar-refractivity contribution in [2.75, 3.05) is 0 Å². The monoisotopic (exact) mass is 326 g/mol. The lowest BCUT2D eigenvalue weighted by atomic mass is 10.1. The van der Waals surface area contributed by atoms with Crippen LogP contribution in [0.1, 0.15) is 11.1 Å². The van der Waals surface area contributed by atoms with Gasteiger partial charge in [-0.15, -0.1) is 0 Å². The first-order valence-electron chi connectivity index (χ1n) is 6.59. The zero-order valence-electron chi connectivity index (χ0n) is 11.3. The van der Waals surface area contributed by atoms with Crippen molar-refractivity contribution in [3.63, 3.8) is 0 Å². The molecule has 3 rings (SSSR count). The highest BCUT2D eigenvalue weighted by Crippen LogP contribution is 2.30. The van der Waals surface area contributed by atoms with Crippen molar-refractivity contribution >= 4 is 26.7 Å². The molecule has 0 aliphatic carbocycles. The Kier molecular flexibility index (Phi) is 3.75. The van der Waals surface area contributed by atoms with Crippen molar-refractivity contribution in [1.29, 1.82) is 0 Å². The van der Waals surface area contributed by atoms with Gasteiger partial charge in [0.15, 0.2) is 0 Å². The summed E-state index contributed by atoms with van der Waals surface area (Å²) in [7, 11) is 0. The molecule has 2 heteroatoms.